The highest BCUT2D eigenvalue weighted by atomic mass is 16.1. The van der Waals surface area contributed by atoms with Gasteiger partial charge in [-0.25, -0.2) is 0 Å². The molecule has 0 amide bonds. The molecule has 0 N–H and O–H groups in total. The highest BCUT2D eigenvalue weighted by molar-refractivity contribution is 6.02. The third-order valence-corrected chi connectivity index (χ3v) is 3.82. The molecule has 2 aliphatic rings. The Morgan fingerprint density at radius 3 is 2.63 bits per heavy atom. The van der Waals surface area contributed by atoms with Crippen LogP contribution in [0, 0.1) is 0 Å². The number of carbonyl (C=O) groups excluding carboxylic acids is 1. The van der Waals surface area contributed by atoms with Crippen molar-refractivity contribution in [3.63, 3.8) is 0 Å². The van der Waals surface area contributed by atoms with Crippen molar-refractivity contribution < 1.29 is 4.79 Å². The summed E-state index contributed by atoms with van der Waals surface area (Å²) in [5, 5.41) is 0. The first-order valence-corrected chi connectivity index (χ1v) is 7.03. The molecule has 0 fully saturated rings. The van der Waals surface area contributed by atoms with Gasteiger partial charge in [-0.15, -0.1) is 0 Å². The summed E-state index contributed by atoms with van der Waals surface area (Å²) < 4.78 is 0. The number of ketones is 1. The van der Waals surface area contributed by atoms with Gasteiger partial charge in [0.1, 0.15) is 0 Å². The summed E-state index contributed by atoms with van der Waals surface area (Å²) in [6.45, 7) is 0. The van der Waals surface area contributed by atoms with Gasteiger partial charge in [0.25, 0.3) is 0 Å². The minimum Gasteiger partial charge on any atom is -0.294 e. The quantitative estimate of drug-likeness (QED) is 0.718. The van der Waals surface area contributed by atoms with E-state index in [1.807, 2.05) is 18.2 Å². The van der Waals surface area contributed by atoms with Crippen LogP contribution in [-0.2, 0) is 4.79 Å². The van der Waals surface area contributed by atoms with Gasteiger partial charge in [0.05, 0.1) is 0 Å². The summed E-state index contributed by atoms with van der Waals surface area (Å²) >= 11 is 0. The van der Waals surface area contributed by atoms with Gasteiger partial charge >= 0.3 is 0 Å². The molecule has 0 aromatic heterocycles. The van der Waals surface area contributed by atoms with E-state index in [1.54, 1.807) is 0 Å². The summed E-state index contributed by atoms with van der Waals surface area (Å²) in [5.41, 5.74) is 4.62. The molecule has 0 aliphatic heterocycles. The van der Waals surface area contributed by atoms with Crippen LogP contribution >= 0.6 is 0 Å². The molecule has 3 rings (SSSR count). The van der Waals surface area contributed by atoms with Crippen molar-refractivity contribution in [2.45, 2.75) is 32.1 Å². The topological polar surface area (TPSA) is 17.1 Å². The van der Waals surface area contributed by atoms with Crippen LogP contribution in [0.3, 0.4) is 0 Å². The average molecular weight is 250 g/mol. The molecule has 1 aromatic rings. The zero-order chi connectivity index (χ0) is 13.1. The first-order valence-electron chi connectivity index (χ1n) is 7.03. The fraction of sp³-hybridized carbons (Fsp3) is 0.278. The molecule has 0 bridgehead atoms. The number of Topliss-reactive ketones (excluding diaryl/α,β-unsaturated/α-hetero) is 1. The smallest absolute Gasteiger partial charge is 0.163 e. The molecule has 0 heterocycles. The normalized spacial score (nSPS) is 21.5. The number of allylic oxidation sites excluding steroid dienone is 5. The first kappa shape index (κ1) is 12.2. The zero-order valence-corrected chi connectivity index (χ0v) is 11.1. The molecule has 0 atom stereocenters. The Labute approximate surface area is 114 Å². The van der Waals surface area contributed by atoms with Crippen LogP contribution < -0.4 is 0 Å². The fourth-order valence-electron chi connectivity index (χ4n) is 2.89. The molecule has 0 saturated carbocycles. The third kappa shape index (κ3) is 2.60. The second-order valence-corrected chi connectivity index (χ2v) is 5.22. The summed E-state index contributed by atoms with van der Waals surface area (Å²) in [6, 6.07) is 10.3. The number of hydrogen-bond acceptors (Lipinski definition) is 1. The molecule has 2 aliphatic carbocycles. The van der Waals surface area contributed by atoms with Crippen molar-refractivity contribution >= 4 is 11.9 Å². The molecule has 0 unspecified atom stereocenters. The minimum atomic E-state index is 0.332. The second kappa shape index (κ2) is 5.40. The lowest BCUT2D eigenvalue weighted by Crippen LogP contribution is -2.08. The summed E-state index contributed by atoms with van der Waals surface area (Å²) in [7, 11) is 0. The lowest BCUT2D eigenvalue weighted by Gasteiger charge is -2.16. The number of benzene rings is 1. The molecular weight excluding hydrogens is 232 g/mol. The third-order valence-electron chi connectivity index (χ3n) is 3.82. The van der Waals surface area contributed by atoms with Crippen LogP contribution in [0.5, 0.6) is 0 Å². The van der Waals surface area contributed by atoms with E-state index in [0.717, 1.165) is 31.3 Å². The maximum absolute atomic E-state index is 12.3. The first-order chi connectivity index (χ1) is 9.34. The van der Waals surface area contributed by atoms with Crippen molar-refractivity contribution in [3.8, 4) is 0 Å². The maximum atomic E-state index is 12.3. The molecule has 96 valence electrons. The van der Waals surface area contributed by atoms with Crippen molar-refractivity contribution in [1.29, 1.82) is 0 Å². The Bertz CT molecular complexity index is 573. The van der Waals surface area contributed by atoms with E-state index >= 15 is 0 Å². The second-order valence-electron chi connectivity index (χ2n) is 5.22. The maximum Gasteiger partial charge on any atom is 0.163 e. The van der Waals surface area contributed by atoms with E-state index < -0.39 is 0 Å². The van der Waals surface area contributed by atoms with Gasteiger partial charge in [0, 0.05) is 12.0 Å². The van der Waals surface area contributed by atoms with Gasteiger partial charge in [-0.1, -0.05) is 48.6 Å². The zero-order valence-electron chi connectivity index (χ0n) is 11.1. The van der Waals surface area contributed by atoms with Crippen LogP contribution in [0.15, 0.2) is 59.2 Å². The van der Waals surface area contributed by atoms with Crippen molar-refractivity contribution in [2.75, 3.05) is 0 Å². The van der Waals surface area contributed by atoms with E-state index in [2.05, 4.69) is 30.4 Å². The van der Waals surface area contributed by atoms with Gasteiger partial charge in [-0.2, -0.15) is 0 Å². The molecule has 0 radical (unpaired) electrons. The van der Waals surface area contributed by atoms with Gasteiger partial charge in [-0.05, 0) is 42.4 Å². The van der Waals surface area contributed by atoms with E-state index in [-0.39, 0.29) is 0 Å². The van der Waals surface area contributed by atoms with Gasteiger partial charge < -0.3 is 0 Å². The Hall–Kier alpha value is -1.89. The van der Waals surface area contributed by atoms with Gasteiger partial charge in [0.15, 0.2) is 5.78 Å². The highest BCUT2D eigenvalue weighted by Crippen LogP contribution is 2.33. The van der Waals surface area contributed by atoms with E-state index in [0.29, 0.717) is 12.2 Å². The molecule has 19 heavy (non-hydrogen) atoms. The Morgan fingerprint density at radius 2 is 1.79 bits per heavy atom. The minimum absolute atomic E-state index is 0.332. The molecule has 0 spiro atoms. The molecule has 1 heteroatoms. The molecular formula is C18H18O. The summed E-state index contributed by atoms with van der Waals surface area (Å²) in [4.78, 5) is 12.3. The summed E-state index contributed by atoms with van der Waals surface area (Å²) in [6.07, 6.45) is 11.3. The lowest BCUT2D eigenvalue weighted by molar-refractivity contribution is -0.115. The van der Waals surface area contributed by atoms with Crippen LogP contribution in [0.2, 0.25) is 0 Å². The van der Waals surface area contributed by atoms with Crippen LogP contribution in [0.1, 0.15) is 37.7 Å². The van der Waals surface area contributed by atoms with Gasteiger partial charge in [-0.3, -0.25) is 4.79 Å². The van der Waals surface area contributed by atoms with Crippen LogP contribution in [0.25, 0.3) is 6.08 Å². The van der Waals surface area contributed by atoms with Crippen LogP contribution in [0.4, 0.5) is 0 Å². The molecule has 1 nitrogen and oxygen atoms in total. The van der Waals surface area contributed by atoms with Crippen molar-refractivity contribution in [1.82, 2.24) is 0 Å². The van der Waals surface area contributed by atoms with Crippen molar-refractivity contribution in [3.05, 3.63) is 64.8 Å². The van der Waals surface area contributed by atoms with Crippen LogP contribution in [-0.4, -0.2) is 5.78 Å². The highest BCUT2D eigenvalue weighted by Gasteiger charge is 2.22. The largest absolute Gasteiger partial charge is 0.294 e. The number of hydrogen-bond donors (Lipinski definition) is 0. The fourth-order valence-corrected chi connectivity index (χ4v) is 2.89. The van der Waals surface area contributed by atoms with E-state index in [1.165, 1.54) is 16.7 Å². The predicted octanol–water partition coefficient (Wildman–Crippen LogP) is 4.47. The van der Waals surface area contributed by atoms with E-state index in [9.17, 15) is 4.79 Å². The SMILES string of the molecule is O=C1CCCCC2=C1C(=Cc1ccccc1)CC=C2. The van der Waals surface area contributed by atoms with E-state index in [4.69, 9.17) is 0 Å². The molecule has 1 aromatic carbocycles. The Balaban J connectivity index is 2.02. The Kier molecular flexibility index (Phi) is 3.45. The average Bonchev–Trinajstić information content (AvgIpc) is 2.63. The number of carbonyl (C=O) groups is 1. The van der Waals surface area contributed by atoms with Gasteiger partial charge in [0.2, 0.25) is 0 Å². The lowest BCUT2D eigenvalue weighted by atomic mass is 9.87. The standard InChI is InChI=1S/C18H18O/c19-17-12-5-4-9-15-10-6-11-16(18(15)17)13-14-7-2-1-3-8-14/h1-3,6-8,10,13H,4-5,9,11-12H2. The molecule has 0 saturated heterocycles. The Morgan fingerprint density at radius 1 is 1.00 bits per heavy atom. The predicted molar refractivity (Wildman–Crippen MR) is 78.7 cm³/mol. The number of rotatable bonds is 1. The summed E-state index contributed by atoms with van der Waals surface area (Å²) in [5.74, 6) is 0.332. The monoisotopic (exact) mass is 250 g/mol. The van der Waals surface area contributed by atoms with Crippen molar-refractivity contribution in [2.24, 2.45) is 0 Å².